The molecular formula is C22H28N2O3. The fraction of sp³-hybridized carbons (Fsp3) is 0.409. The predicted molar refractivity (Wildman–Crippen MR) is 107 cm³/mol. The van der Waals surface area contributed by atoms with Crippen molar-refractivity contribution < 1.29 is 17.1 Å². The van der Waals surface area contributed by atoms with Gasteiger partial charge in [0.05, 0.1) is 18.8 Å². The minimum absolute atomic E-state index is 0. The molecule has 3 atom stereocenters. The van der Waals surface area contributed by atoms with Gasteiger partial charge in [0.2, 0.25) is 0 Å². The van der Waals surface area contributed by atoms with Crippen molar-refractivity contribution in [2.24, 2.45) is 5.92 Å². The Morgan fingerprint density at radius 1 is 1.15 bits per heavy atom. The van der Waals surface area contributed by atoms with Gasteiger partial charge in [-0.15, -0.1) is 0 Å². The molecule has 5 nitrogen and oxygen atoms in total. The standard InChI is InChI=1S/C22H24N2O3.2H2/c25-22(16-5-9-18(10-6-16)26-13-14-1-2-14)24-17-7-3-15(4-8-17)21-20-11-19(27-21)12-23-20;;/h3-10,14,19-21,23H,1-2,11-13H2,(H,24,25);2*1H/t19-,20?,21+;;/m1../s1. The number of ether oxygens (including phenoxy) is 2. The van der Waals surface area contributed by atoms with E-state index in [2.05, 4.69) is 10.6 Å². The van der Waals surface area contributed by atoms with Gasteiger partial charge in [0.1, 0.15) is 5.75 Å². The van der Waals surface area contributed by atoms with Crippen LogP contribution in [0.1, 0.15) is 44.1 Å². The van der Waals surface area contributed by atoms with E-state index in [-0.39, 0.29) is 14.9 Å². The van der Waals surface area contributed by atoms with Crippen molar-refractivity contribution >= 4 is 11.6 Å². The molecule has 144 valence electrons. The summed E-state index contributed by atoms with van der Waals surface area (Å²) in [6, 6.07) is 15.7. The molecular weight excluding hydrogens is 340 g/mol. The number of nitrogens with one attached hydrogen (secondary N) is 2. The Kier molecular flexibility index (Phi) is 4.34. The summed E-state index contributed by atoms with van der Waals surface area (Å²) in [6.07, 6.45) is 4.09. The SMILES string of the molecule is O=C(Nc1ccc([C@@H]2O[C@H]3CNC2C3)cc1)c1ccc(OCC2CC2)cc1.[HH].[HH]. The number of carbonyl (C=O) groups is 1. The molecule has 2 aromatic carbocycles. The lowest BCUT2D eigenvalue weighted by Gasteiger charge is -2.23. The lowest BCUT2D eigenvalue weighted by molar-refractivity contribution is 0.0160. The van der Waals surface area contributed by atoms with Gasteiger partial charge < -0.3 is 20.1 Å². The van der Waals surface area contributed by atoms with E-state index in [0.29, 0.717) is 17.7 Å². The first-order valence-corrected chi connectivity index (χ1v) is 9.77. The average molecular weight is 368 g/mol. The third-order valence-corrected chi connectivity index (χ3v) is 5.63. The number of benzene rings is 2. The smallest absolute Gasteiger partial charge is 0.255 e. The molecule has 1 amide bonds. The second-order valence-electron chi connectivity index (χ2n) is 7.78. The molecule has 2 aliphatic heterocycles. The monoisotopic (exact) mass is 368 g/mol. The second kappa shape index (κ2) is 6.98. The summed E-state index contributed by atoms with van der Waals surface area (Å²) in [5.41, 5.74) is 2.57. The molecule has 1 aliphatic carbocycles. The Morgan fingerprint density at radius 3 is 2.56 bits per heavy atom. The first-order valence-electron chi connectivity index (χ1n) is 9.77. The number of fused-ring (bicyclic) bond motifs is 2. The number of hydrogen-bond acceptors (Lipinski definition) is 4. The first kappa shape index (κ1) is 16.8. The largest absolute Gasteiger partial charge is 0.493 e. The zero-order chi connectivity index (χ0) is 18.2. The number of amides is 1. The number of anilines is 1. The molecule has 0 radical (unpaired) electrons. The predicted octanol–water partition coefficient (Wildman–Crippen LogP) is 4.02. The van der Waals surface area contributed by atoms with Gasteiger partial charge >= 0.3 is 0 Å². The minimum atomic E-state index is -0.116. The normalized spacial score (nSPS) is 26.1. The lowest BCUT2D eigenvalue weighted by Crippen LogP contribution is -2.33. The third-order valence-electron chi connectivity index (χ3n) is 5.63. The quantitative estimate of drug-likeness (QED) is 0.808. The van der Waals surface area contributed by atoms with Gasteiger partial charge in [0.15, 0.2) is 0 Å². The minimum Gasteiger partial charge on any atom is -0.493 e. The molecule has 1 saturated carbocycles. The van der Waals surface area contributed by atoms with E-state index in [4.69, 9.17) is 9.47 Å². The van der Waals surface area contributed by atoms with Crippen molar-refractivity contribution in [2.75, 3.05) is 18.5 Å². The summed E-state index contributed by atoms with van der Waals surface area (Å²) in [5.74, 6) is 1.42. The molecule has 2 saturated heterocycles. The zero-order valence-electron chi connectivity index (χ0n) is 15.2. The third kappa shape index (κ3) is 3.70. The maximum Gasteiger partial charge on any atom is 0.255 e. The maximum absolute atomic E-state index is 12.5. The highest BCUT2D eigenvalue weighted by molar-refractivity contribution is 6.04. The Labute approximate surface area is 162 Å². The molecule has 27 heavy (non-hydrogen) atoms. The zero-order valence-corrected chi connectivity index (χ0v) is 15.2. The maximum atomic E-state index is 12.5. The highest BCUT2D eigenvalue weighted by Crippen LogP contribution is 2.37. The number of rotatable bonds is 6. The van der Waals surface area contributed by atoms with Crippen LogP contribution >= 0.6 is 0 Å². The van der Waals surface area contributed by atoms with E-state index in [1.807, 2.05) is 36.4 Å². The van der Waals surface area contributed by atoms with Crippen LogP contribution in [-0.2, 0) is 4.74 Å². The fourth-order valence-corrected chi connectivity index (χ4v) is 3.84. The summed E-state index contributed by atoms with van der Waals surface area (Å²) in [5, 5.41) is 6.44. The molecule has 2 N–H and O–H groups in total. The van der Waals surface area contributed by atoms with E-state index >= 15 is 0 Å². The van der Waals surface area contributed by atoms with E-state index < -0.39 is 0 Å². The Balaban J connectivity index is 0.00000120. The van der Waals surface area contributed by atoms with E-state index in [9.17, 15) is 4.79 Å². The highest BCUT2D eigenvalue weighted by atomic mass is 16.5. The van der Waals surface area contributed by atoms with Crippen LogP contribution < -0.4 is 15.4 Å². The summed E-state index contributed by atoms with van der Waals surface area (Å²) < 4.78 is 11.7. The van der Waals surface area contributed by atoms with Crippen LogP contribution in [0.3, 0.4) is 0 Å². The van der Waals surface area contributed by atoms with Gasteiger partial charge in [-0.1, -0.05) is 12.1 Å². The molecule has 2 aromatic rings. The van der Waals surface area contributed by atoms with Crippen molar-refractivity contribution in [1.82, 2.24) is 5.32 Å². The van der Waals surface area contributed by atoms with Crippen molar-refractivity contribution in [1.29, 1.82) is 0 Å². The fourth-order valence-electron chi connectivity index (χ4n) is 3.84. The first-order chi connectivity index (χ1) is 13.2. The molecule has 2 bridgehead atoms. The van der Waals surface area contributed by atoms with Crippen LogP contribution in [0.2, 0.25) is 0 Å². The summed E-state index contributed by atoms with van der Waals surface area (Å²) in [7, 11) is 0. The van der Waals surface area contributed by atoms with Gasteiger partial charge in [0.25, 0.3) is 5.91 Å². The van der Waals surface area contributed by atoms with E-state index in [1.54, 1.807) is 12.1 Å². The van der Waals surface area contributed by atoms with Crippen LogP contribution in [0.25, 0.3) is 0 Å². The topological polar surface area (TPSA) is 59.6 Å². The Morgan fingerprint density at radius 2 is 1.93 bits per heavy atom. The molecule has 5 rings (SSSR count). The molecule has 5 heteroatoms. The van der Waals surface area contributed by atoms with Gasteiger partial charge in [0, 0.05) is 26.7 Å². The number of morpholine rings is 1. The van der Waals surface area contributed by atoms with Crippen LogP contribution in [0.5, 0.6) is 5.75 Å². The van der Waals surface area contributed by atoms with Crippen molar-refractivity contribution in [2.45, 2.75) is 37.5 Å². The van der Waals surface area contributed by atoms with E-state index in [1.165, 1.54) is 12.8 Å². The average Bonchev–Trinajstić information content (AvgIpc) is 3.29. The summed E-state index contributed by atoms with van der Waals surface area (Å²) >= 11 is 0. The van der Waals surface area contributed by atoms with Crippen LogP contribution in [0, 0.1) is 5.92 Å². The number of carbonyl (C=O) groups excluding carboxylic acids is 1. The Hall–Kier alpha value is -2.37. The number of hydrogen-bond donors (Lipinski definition) is 2. The second-order valence-corrected chi connectivity index (χ2v) is 7.78. The van der Waals surface area contributed by atoms with Crippen molar-refractivity contribution in [3.05, 3.63) is 59.7 Å². The highest BCUT2D eigenvalue weighted by Gasteiger charge is 2.41. The van der Waals surface area contributed by atoms with Crippen molar-refractivity contribution in [3.63, 3.8) is 0 Å². The van der Waals surface area contributed by atoms with Gasteiger partial charge in [-0.25, -0.2) is 0 Å². The molecule has 0 aromatic heterocycles. The van der Waals surface area contributed by atoms with Gasteiger partial charge in [-0.05, 0) is 67.1 Å². The Bertz CT molecular complexity index is 825. The summed E-state index contributed by atoms with van der Waals surface area (Å²) in [4.78, 5) is 12.5. The molecule has 2 heterocycles. The molecule has 0 spiro atoms. The molecule has 3 fully saturated rings. The van der Waals surface area contributed by atoms with E-state index in [0.717, 1.165) is 42.5 Å². The lowest BCUT2D eigenvalue weighted by atomic mass is 10.0. The van der Waals surface area contributed by atoms with Gasteiger partial charge in [-0.2, -0.15) is 0 Å². The van der Waals surface area contributed by atoms with Crippen LogP contribution in [-0.4, -0.2) is 31.2 Å². The van der Waals surface area contributed by atoms with Crippen molar-refractivity contribution in [3.8, 4) is 5.75 Å². The van der Waals surface area contributed by atoms with Gasteiger partial charge in [-0.3, -0.25) is 4.79 Å². The molecule has 1 unspecified atom stereocenters. The molecule has 3 aliphatic rings. The van der Waals surface area contributed by atoms with Crippen LogP contribution in [0.4, 0.5) is 5.69 Å². The van der Waals surface area contributed by atoms with Crippen LogP contribution in [0.15, 0.2) is 48.5 Å². The summed E-state index contributed by atoms with van der Waals surface area (Å²) in [6.45, 7) is 1.74.